The van der Waals surface area contributed by atoms with Crippen molar-refractivity contribution in [1.82, 2.24) is 19.9 Å². The molecule has 6 nitrogen and oxygen atoms in total. The molecule has 6 heteroatoms. The van der Waals surface area contributed by atoms with Crippen LogP contribution in [0.3, 0.4) is 0 Å². The molecule has 2 aromatic heterocycles. The van der Waals surface area contributed by atoms with Crippen molar-refractivity contribution in [3.05, 3.63) is 45.6 Å². The first-order valence-electron chi connectivity index (χ1n) is 5.94. The van der Waals surface area contributed by atoms with Gasteiger partial charge in [0.05, 0.1) is 11.3 Å². The van der Waals surface area contributed by atoms with E-state index in [1.54, 1.807) is 0 Å². The van der Waals surface area contributed by atoms with Gasteiger partial charge < -0.3 is 10.7 Å². The van der Waals surface area contributed by atoms with Crippen molar-refractivity contribution in [2.75, 3.05) is 12.3 Å². The van der Waals surface area contributed by atoms with Crippen LogP contribution in [0.1, 0.15) is 17.0 Å². The van der Waals surface area contributed by atoms with Crippen molar-refractivity contribution >= 4 is 5.95 Å². The average molecular weight is 245 g/mol. The number of nitrogen functional groups attached to an aromatic ring is 1. The Labute approximate surface area is 104 Å². The molecule has 94 valence electrons. The van der Waals surface area contributed by atoms with Crippen molar-refractivity contribution in [3.8, 4) is 0 Å². The molecule has 18 heavy (non-hydrogen) atoms. The lowest BCUT2D eigenvalue weighted by atomic mass is 10.1. The monoisotopic (exact) mass is 245 g/mol. The van der Waals surface area contributed by atoms with Gasteiger partial charge in [-0.3, -0.25) is 14.7 Å². The van der Waals surface area contributed by atoms with Crippen LogP contribution >= 0.6 is 0 Å². The summed E-state index contributed by atoms with van der Waals surface area (Å²) in [5.74, 6) is 0.205. The molecule has 0 aliphatic carbocycles. The van der Waals surface area contributed by atoms with Crippen molar-refractivity contribution in [2.45, 2.75) is 19.5 Å². The molecule has 0 spiro atoms. The Hall–Kier alpha value is -2.08. The molecule has 0 aromatic carbocycles. The molecule has 0 saturated carbocycles. The second-order valence-corrected chi connectivity index (χ2v) is 4.53. The maximum absolute atomic E-state index is 11.8. The highest BCUT2D eigenvalue weighted by Crippen LogP contribution is 2.15. The third-order valence-electron chi connectivity index (χ3n) is 3.22. The van der Waals surface area contributed by atoms with Crippen molar-refractivity contribution in [2.24, 2.45) is 0 Å². The fraction of sp³-hybridized carbons (Fsp3) is 0.333. The van der Waals surface area contributed by atoms with Gasteiger partial charge in [0.1, 0.15) is 0 Å². The number of anilines is 1. The van der Waals surface area contributed by atoms with Gasteiger partial charge in [0.2, 0.25) is 5.95 Å². The number of aromatic nitrogens is 3. The summed E-state index contributed by atoms with van der Waals surface area (Å²) in [6.45, 7) is 2.33. The standard InChI is InChI=1S/C12H15N5O/c13-12-15-10-3-5-17(6-8-2-1-4-14-8)7-9(10)11(18)16-12/h1-2,4,14H,3,5-7H2,(H3,13,15,16,18). The van der Waals surface area contributed by atoms with Gasteiger partial charge in [0.25, 0.3) is 5.56 Å². The quantitative estimate of drug-likeness (QED) is 0.706. The van der Waals surface area contributed by atoms with Crippen LogP contribution in [0, 0.1) is 0 Å². The van der Waals surface area contributed by atoms with E-state index < -0.39 is 0 Å². The first kappa shape index (κ1) is 11.0. The number of rotatable bonds is 2. The second-order valence-electron chi connectivity index (χ2n) is 4.53. The average Bonchev–Trinajstić information content (AvgIpc) is 2.83. The van der Waals surface area contributed by atoms with Crippen LogP contribution in [-0.2, 0) is 19.5 Å². The SMILES string of the molecule is Nc1nc2c(c(=O)[nH]1)CN(Cc1ccc[nH]1)CC2. The van der Waals surface area contributed by atoms with E-state index in [0.717, 1.165) is 36.5 Å². The predicted octanol–water partition coefficient (Wildman–Crippen LogP) is 0.238. The summed E-state index contributed by atoms with van der Waals surface area (Å²) in [4.78, 5) is 24.0. The molecular weight excluding hydrogens is 230 g/mol. The molecular formula is C12H15N5O. The van der Waals surface area contributed by atoms with Crippen molar-refractivity contribution in [1.29, 1.82) is 0 Å². The van der Waals surface area contributed by atoms with Gasteiger partial charge >= 0.3 is 0 Å². The van der Waals surface area contributed by atoms with Crippen molar-refractivity contribution < 1.29 is 0 Å². The summed E-state index contributed by atoms with van der Waals surface area (Å²) in [5, 5.41) is 0. The number of hydrogen-bond acceptors (Lipinski definition) is 4. The minimum Gasteiger partial charge on any atom is -0.369 e. The number of H-pyrrole nitrogens is 2. The fourth-order valence-electron chi connectivity index (χ4n) is 2.34. The summed E-state index contributed by atoms with van der Waals surface area (Å²) in [5.41, 5.74) is 8.15. The van der Waals surface area contributed by atoms with E-state index in [-0.39, 0.29) is 11.5 Å². The molecule has 0 atom stereocenters. The van der Waals surface area contributed by atoms with E-state index in [1.807, 2.05) is 18.3 Å². The van der Waals surface area contributed by atoms with Gasteiger partial charge in [-0.15, -0.1) is 0 Å². The van der Waals surface area contributed by atoms with Crippen molar-refractivity contribution in [3.63, 3.8) is 0 Å². The molecule has 1 aliphatic rings. The zero-order chi connectivity index (χ0) is 12.5. The molecule has 3 heterocycles. The third-order valence-corrected chi connectivity index (χ3v) is 3.22. The van der Waals surface area contributed by atoms with Gasteiger partial charge in [-0.2, -0.15) is 0 Å². The Morgan fingerprint density at radius 2 is 2.39 bits per heavy atom. The zero-order valence-electron chi connectivity index (χ0n) is 9.94. The minimum absolute atomic E-state index is 0.117. The van der Waals surface area contributed by atoms with Gasteiger partial charge in [-0.05, 0) is 12.1 Å². The third kappa shape index (κ3) is 2.02. The lowest BCUT2D eigenvalue weighted by Gasteiger charge is -2.26. The Kier molecular flexibility index (Phi) is 2.64. The van der Waals surface area contributed by atoms with Crippen LogP contribution in [0.5, 0.6) is 0 Å². The molecule has 0 saturated heterocycles. The van der Waals surface area contributed by atoms with E-state index in [1.165, 1.54) is 0 Å². The van der Waals surface area contributed by atoms with E-state index in [4.69, 9.17) is 5.73 Å². The molecule has 0 bridgehead atoms. The highest BCUT2D eigenvalue weighted by molar-refractivity contribution is 5.27. The highest BCUT2D eigenvalue weighted by atomic mass is 16.1. The Morgan fingerprint density at radius 1 is 1.50 bits per heavy atom. The van der Waals surface area contributed by atoms with Crippen LogP contribution in [0.4, 0.5) is 5.95 Å². The Morgan fingerprint density at radius 3 is 3.17 bits per heavy atom. The summed E-state index contributed by atoms with van der Waals surface area (Å²) < 4.78 is 0. The Bertz CT molecular complexity index is 601. The molecule has 0 radical (unpaired) electrons. The predicted molar refractivity (Wildman–Crippen MR) is 67.9 cm³/mol. The number of nitrogens with one attached hydrogen (secondary N) is 2. The maximum atomic E-state index is 11.8. The van der Waals surface area contributed by atoms with Gasteiger partial charge in [0, 0.05) is 37.9 Å². The van der Waals surface area contributed by atoms with Crippen LogP contribution in [0.15, 0.2) is 23.1 Å². The van der Waals surface area contributed by atoms with E-state index in [0.29, 0.717) is 6.54 Å². The number of hydrogen-bond donors (Lipinski definition) is 3. The summed E-state index contributed by atoms with van der Waals surface area (Å²) in [6.07, 6.45) is 2.67. The molecule has 4 N–H and O–H groups in total. The molecule has 2 aromatic rings. The summed E-state index contributed by atoms with van der Waals surface area (Å²) in [6, 6.07) is 4.02. The number of aromatic amines is 2. The summed E-state index contributed by atoms with van der Waals surface area (Å²) >= 11 is 0. The molecule has 3 rings (SSSR count). The molecule has 0 fully saturated rings. The highest BCUT2D eigenvalue weighted by Gasteiger charge is 2.20. The maximum Gasteiger partial charge on any atom is 0.257 e. The lowest BCUT2D eigenvalue weighted by Crippen LogP contribution is -2.35. The largest absolute Gasteiger partial charge is 0.369 e. The normalized spacial score (nSPS) is 15.6. The first-order valence-corrected chi connectivity index (χ1v) is 5.94. The summed E-state index contributed by atoms with van der Waals surface area (Å²) in [7, 11) is 0. The molecule has 0 amide bonds. The van der Waals surface area contributed by atoms with E-state index in [2.05, 4.69) is 19.9 Å². The minimum atomic E-state index is -0.117. The number of fused-ring (bicyclic) bond motifs is 1. The smallest absolute Gasteiger partial charge is 0.257 e. The second kappa shape index (κ2) is 4.30. The van der Waals surface area contributed by atoms with Gasteiger partial charge in [-0.1, -0.05) is 0 Å². The van der Waals surface area contributed by atoms with Crippen LogP contribution < -0.4 is 11.3 Å². The Balaban J connectivity index is 1.83. The van der Waals surface area contributed by atoms with Crippen LogP contribution in [0.25, 0.3) is 0 Å². The van der Waals surface area contributed by atoms with E-state index in [9.17, 15) is 4.79 Å². The van der Waals surface area contributed by atoms with Crippen LogP contribution in [0.2, 0.25) is 0 Å². The van der Waals surface area contributed by atoms with Crippen LogP contribution in [-0.4, -0.2) is 26.4 Å². The molecule has 1 aliphatic heterocycles. The number of nitrogens with zero attached hydrogens (tertiary/aromatic N) is 2. The number of nitrogens with two attached hydrogens (primary N) is 1. The van der Waals surface area contributed by atoms with Gasteiger partial charge in [0.15, 0.2) is 0 Å². The molecule has 0 unspecified atom stereocenters. The first-order chi connectivity index (χ1) is 8.72. The van der Waals surface area contributed by atoms with E-state index >= 15 is 0 Å². The zero-order valence-corrected chi connectivity index (χ0v) is 9.94. The topological polar surface area (TPSA) is 90.8 Å². The lowest BCUT2D eigenvalue weighted by molar-refractivity contribution is 0.239. The van der Waals surface area contributed by atoms with Gasteiger partial charge in [-0.25, -0.2) is 4.98 Å². The fourth-order valence-corrected chi connectivity index (χ4v) is 2.34.